The minimum atomic E-state index is -0.566. The van der Waals surface area contributed by atoms with Gasteiger partial charge in [0.05, 0.1) is 45.6 Å². The van der Waals surface area contributed by atoms with Crippen LogP contribution in [-0.2, 0) is 0 Å². The Balaban J connectivity index is 1.54. The molecule has 0 bridgehead atoms. The Morgan fingerprint density at radius 3 is 2.48 bits per heavy atom. The van der Waals surface area contributed by atoms with Crippen LogP contribution in [0.4, 0.5) is 21.5 Å². The molecule has 2 aromatic carbocycles. The number of rotatable bonds is 9. The maximum Gasteiger partial charge on any atom is 0.141 e. The largest absolute Gasteiger partial charge is 0.373 e. The predicted octanol–water partition coefficient (Wildman–Crippen LogP) is 8.95. The van der Waals surface area contributed by atoms with E-state index in [2.05, 4.69) is 70.3 Å². The van der Waals surface area contributed by atoms with Crippen molar-refractivity contribution in [1.29, 1.82) is 10.5 Å². The molecule has 4 aromatic rings. The van der Waals surface area contributed by atoms with Crippen molar-refractivity contribution in [3.8, 4) is 12.1 Å². The number of benzene rings is 2. The fourth-order valence-electron chi connectivity index (χ4n) is 5.71. The molecule has 1 aliphatic rings. The van der Waals surface area contributed by atoms with E-state index in [-0.39, 0.29) is 27.7 Å². The van der Waals surface area contributed by atoms with Crippen LogP contribution < -0.4 is 10.6 Å². The molecule has 2 aromatic heterocycles. The van der Waals surface area contributed by atoms with Crippen LogP contribution in [0.25, 0.3) is 10.9 Å². The molecule has 0 aliphatic carbocycles. The van der Waals surface area contributed by atoms with E-state index in [1.165, 1.54) is 24.4 Å². The number of hydrogen-bond acceptors (Lipinski definition) is 8. The predicted molar refractivity (Wildman–Crippen MR) is 190 cm³/mol. The van der Waals surface area contributed by atoms with Gasteiger partial charge in [0.1, 0.15) is 23.6 Å². The first kappa shape index (κ1) is 34.6. The zero-order valence-corrected chi connectivity index (χ0v) is 28.7. The SMILES string of the molecule is C=C(/C=C\C(Cl)=C/C)[C@H](Nc1cc(C#N)c2ncc(C#N)c(Nc3ccc(F)c(Cl)c3)c2c1)c1cn(C2CCN(C(C)(C)C)CC2)nn1. The number of fused-ring (bicyclic) bond motifs is 1. The van der Waals surface area contributed by atoms with E-state index in [9.17, 15) is 14.9 Å². The highest BCUT2D eigenvalue weighted by atomic mass is 35.5. The molecular formula is C36H36Cl2FN9. The van der Waals surface area contributed by atoms with Gasteiger partial charge in [-0.15, -0.1) is 5.10 Å². The number of piperidine rings is 1. The molecular weight excluding hydrogens is 648 g/mol. The third kappa shape index (κ3) is 7.69. The number of pyridine rings is 1. The number of nitriles is 2. The second-order valence-electron chi connectivity index (χ2n) is 12.6. The first-order chi connectivity index (χ1) is 22.9. The van der Waals surface area contributed by atoms with E-state index in [0.717, 1.165) is 25.9 Å². The van der Waals surface area contributed by atoms with E-state index in [4.69, 9.17) is 23.2 Å². The summed E-state index contributed by atoms with van der Waals surface area (Å²) in [5.74, 6) is -0.566. The Morgan fingerprint density at radius 1 is 1.10 bits per heavy atom. The van der Waals surface area contributed by atoms with Gasteiger partial charge in [-0.2, -0.15) is 10.5 Å². The van der Waals surface area contributed by atoms with Crippen molar-refractivity contribution < 1.29 is 4.39 Å². The highest BCUT2D eigenvalue weighted by Gasteiger charge is 2.29. The number of anilines is 3. The molecule has 12 heteroatoms. The Morgan fingerprint density at radius 2 is 1.83 bits per heavy atom. The lowest BCUT2D eigenvalue weighted by Crippen LogP contribution is -2.46. The maximum atomic E-state index is 13.9. The van der Waals surface area contributed by atoms with Gasteiger partial charge in [-0.1, -0.05) is 47.1 Å². The molecule has 2 N–H and O–H groups in total. The molecule has 3 heterocycles. The Kier molecular flexibility index (Phi) is 10.5. The van der Waals surface area contributed by atoms with Gasteiger partial charge in [-0.25, -0.2) is 9.07 Å². The maximum absolute atomic E-state index is 13.9. The van der Waals surface area contributed by atoms with Crippen molar-refractivity contribution in [2.45, 2.75) is 58.2 Å². The van der Waals surface area contributed by atoms with Gasteiger partial charge in [-0.3, -0.25) is 9.88 Å². The average Bonchev–Trinajstić information content (AvgIpc) is 3.57. The highest BCUT2D eigenvalue weighted by molar-refractivity contribution is 6.31. The molecule has 0 amide bonds. The second kappa shape index (κ2) is 14.6. The summed E-state index contributed by atoms with van der Waals surface area (Å²) in [5, 5.41) is 36.8. The van der Waals surface area contributed by atoms with Gasteiger partial charge in [0.15, 0.2) is 0 Å². The molecule has 48 heavy (non-hydrogen) atoms. The number of halogens is 3. The van der Waals surface area contributed by atoms with Crippen molar-refractivity contribution in [1.82, 2.24) is 24.9 Å². The Bertz CT molecular complexity index is 1990. The minimum absolute atomic E-state index is 0.0721. The van der Waals surface area contributed by atoms with Crippen molar-refractivity contribution in [3.05, 3.63) is 106 Å². The number of likely N-dealkylation sites (tertiary alicyclic amines) is 1. The Hall–Kier alpha value is -4.74. The second-order valence-corrected chi connectivity index (χ2v) is 13.5. The standard InChI is InChI=1S/C36H36Cl2FN9/c1-6-25(37)8-7-22(2)33(32-21-48(46-45-32)28-11-13-47(14-12-28)36(3,4)5)44-27-15-23(18-40)34-29(16-27)35(24(19-41)20-42-34)43-26-9-10-31(39)30(38)17-26/h6-10,15-17,20-21,28,33,44H,2,11-14H2,1,3-5H3,(H,42,43)/b8-7-,25-6+/t33-/m0/s1. The summed E-state index contributed by atoms with van der Waals surface area (Å²) in [7, 11) is 0. The Labute approximate surface area is 290 Å². The number of hydrogen-bond donors (Lipinski definition) is 2. The van der Waals surface area contributed by atoms with Crippen LogP contribution in [0.5, 0.6) is 0 Å². The fourth-order valence-corrected chi connectivity index (χ4v) is 5.96. The lowest BCUT2D eigenvalue weighted by atomic mass is 9.98. The lowest BCUT2D eigenvalue weighted by Gasteiger charge is -2.40. The first-order valence-corrected chi connectivity index (χ1v) is 16.3. The summed E-state index contributed by atoms with van der Waals surface area (Å²) in [4.78, 5) is 6.91. The van der Waals surface area contributed by atoms with E-state index < -0.39 is 11.9 Å². The van der Waals surface area contributed by atoms with Crippen LogP contribution in [0.15, 0.2) is 78.1 Å². The molecule has 1 saturated heterocycles. The van der Waals surface area contributed by atoms with Crippen molar-refractivity contribution in [3.63, 3.8) is 0 Å². The van der Waals surface area contributed by atoms with Crippen molar-refractivity contribution in [2.75, 3.05) is 23.7 Å². The first-order valence-electron chi connectivity index (χ1n) is 15.5. The average molecular weight is 685 g/mol. The van der Waals surface area contributed by atoms with Gasteiger partial charge in [0, 0.05) is 46.6 Å². The van der Waals surface area contributed by atoms with Crippen LogP contribution in [0.3, 0.4) is 0 Å². The molecule has 9 nitrogen and oxygen atoms in total. The molecule has 0 spiro atoms. The normalized spacial score (nSPS) is 15.3. The zero-order chi connectivity index (χ0) is 34.6. The van der Waals surface area contributed by atoms with E-state index in [1.54, 1.807) is 24.3 Å². The van der Waals surface area contributed by atoms with Crippen LogP contribution in [-0.4, -0.2) is 43.5 Å². The van der Waals surface area contributed by atoms with Crippen LogP contribution >= 0.6 is 23.2 Å². The van der Waals surface area contributed by atoms with Crippen LogP contribution in [0, 0.1) is 28.5 Å². The third-order valence-electron chi connectivity index (χ3n) is 8.43. The summed E-state index contributed by atoms with van der Waals surface area (Å²) in [5.41, 5.74) is 3.73. The molecule has 246 valence electrons. The molecule has 1 aliphatic heterocycles. The number of allylic oxidation sites excluding steroid dienone is 3. The molecule has 0 radical (unpaired) electrons. The molecule has 0 unspecified atom stereocenters. The molecule has 1 fully saturated rings. The quantitative estimate of drug-likeness (QED) is 0.168. The van der Waals surface area contributed by atoms with Crippen molar-refractivity contribution in [2.24, 2.45) is 0 Å². The number of nitrogens with one attached hydrogen (secondary N) is 2. The minimum Gasteiger partial charge on any atom is -0.373 e. The topological polar surface area (TPSA) is 118 Å². The molecule has 1 atom stereocenters. The highest BCUT2D eigenvalue weighted by Crippen LogP contribution is 2.36. The van der Waals surface area contributed by atoms with Gasteiger partial charge >= 0.3 is 0 Å². The van der Waals surface area contributed by atoms with Gasteiger partial charge in [0.2, 0.25) is 0 Å². The lowest BCUT2D eigenvalue weighted by molar-refractivity contribution is 0.0866. The zero-order valence-electron chi connectivity index (χ0n) is 27.2. The van der Waals surface area contributed by atoms with Crippen molar-refractivity contribution >= 4 is 51.2 Å². The van der Waals surface area contributed by atoms with Gasteiger partial charge in [-0.05, 0) is 82.5 Å². The van der Waals surface area contributed by atoms with E-state index in [0.29, 0.717) is 44.3 Å². The monoisotopic (exact) mass is 683 g/mol. The van der Waals surface area contributed by atoms with E-state index in [1.807, 2.05) is 23.9 Å². The van der Waals surface area contributed by atoms with Gasteiger partial charge < -0.3 is 10.6 Å². The number of aromatic nitrogens is 4. The van der Waals surface area contributed by atoms with E-state index >= 15 is 0 Å². The summed E-state index contributed by atoms with van der Waals surface area (Å²) in [6.45, 7) is 14.8. The summed E-state index contributed by atoms with van der Waals surface area (Å²) < 4.78 is 15.8. The summed E-state index contributed by atoms with van der Waals surface area (Å²) in [6.07, 6.45) is 10.6. The van der Waals surface area contributed by atoms with Gasteiger partial charge in [0.25, 0.3) is 0 Å². The third-order valence-corrected chi connectivity index (χ3v) is 9.06. The molecule has 0 saturated carbocycles. The summed E-state index contributed by atoms with van der Waals surface area (Å²) in [6, 6.07) is 11.7. The number of nitrogens with zero attached hydrogens (tertiary/aromatic N) is 7. The van der Waals surface area contributed by atoms with Crippen LogP contribution in [0.1, 0.15) is 69.4 Å². The van der Waals surface area contributed by atoms with Crippen LogP contribution in [0.2, 0.25) is 5.02 Å². The smallest absolute Gasteiger partial charge is 0.141 e. The molecule has 5 rings (SSSR count). The fraction of sp³-hybridized carbons (Fsp3) is 0.306. The summed E-state index contributed by atoms with van der Waals surface area (Å²) >= 11 is 12.3.